The second-order valence-corrected chi connectivity index (χ2v) is 5.69. The van der Waals surface area contributed by atoms with Gasteiger partial charge in [-0.05, 0) is 12.0 Å². The Morgan fingerprint density at radius 3 is 2.78 bits per heavy atom. The van der Waals surface area contributed by atoms with Crippen LogP contribution in [-0.4, -0.2) is 43.2 Å². The summed E-state index contributed by atoms with van der Waals surface area (Å²) in [5, 5.41) is 17.0. The van der Waals surface area contributed by atoms with Crippen LogP contribution in [-0.2, 0) is 29.1 Å². The predicted molar refractivity (Wildman–Crippen MR) is 81.3 cm³/mol. The molecule has 3 rings (SSSR count). The van der Waals surface area contributed by atoms with E-state index in [0.717, 1.165) is 13.0 Å². The first-order valence-electron chi connectivity index (χ1n) is 7.54. The van der Waals surface area contributed by atoms with E-state index in [2.05, 4.69) is 22.3 Å². The number of carboxylic acid groups (broad SMARTS) is 1. The van der Waals surface area contributed by atoms with Gasteiger partial charge in [0.05, 0.1) is 12.5 Å². The van der Waals surface area contributed by atoms with E-state index in [0.29, 0.717) is 12.4 Å². The fraction of sp³-hybridized carbons (Fsp3) is 0.375. The number of carbonyl (C=O) groups excluding carboxylic acids is 1. The summed E-state index contributed by atoms with van der Waals surface area (Å²) >= 11 is 0. The monoisotopic (exact) mass is 314 g/mol. The molecule has 1 atom stereocenters. The molecule has 1 aliphatic heterocycles. The third kappa shape index (κ3) is 3.56. The fourth-order valence-electron chi connectivity index (χ4n) is 2.74. The summed E-state index contributed by atoms with van der Waals surface area (Å²) in [6.07, 6.45) is 2.55. The molecule has 23 heavy (non-hydrogen) atoms. The van der Waals surface area contributed by atoms with E-state index in [1.54, 1.807) is 11.2 Å². The van der Waals surface area contributed by atoms with Gasteiger partial charge in [-0.1, -0.05) is 30.3 Å². The maximum absolute atomic E-state index is 11.9. The number of amides is 1. The Kier molecular flexibility index (Phi) is 4.36. The van der Waals surface area contributed by atoms with Crippen molar-refractivity contribution in [1.29, 1.82) is 0 Å². The molecule has 120 valence electrons. The van der Waals surface area contributed by atoms with Crippen LogP contribution in [0.1, 0.15) is 17.8 Å². The molecule has 1 N–H and O–H groups in total. The molecule has 0 radical (unpaired) electrons. The Morgan fingerprint density at radius 2 is 2.09 bits per heavy atom. The van der Waals surface area contributed by atoms with Gasteiger partial charge >= 0.3 is 5.97 Å². The smallest absolute Gasteiger partial charge is 0.308 e. The zero-order chi connectivity index (χ0) is 16.2. The van der Waals surface area contributed by atoms with Crippen LogP contribution in [0.2, 0.25) is 0 Å². The van der Waals surface area contributed by atoms with Crippen LogP contribution in [0.15, 0.2) is 36.7 Å². The number of carbonyl (C=O) groups is 2. The SMILES string of the molecule is O=C(O)C1CC(=O)N(Cc2nncn2CCc2ccccc2)C1. The van der Waals surface area contributed by atoms with Gasteiger partial charge in [0.25, 0.3) is 0 Å². The van der Waals surface area contributed by atoms with E-state index in [-0.39, 0.29) is 18.9 Å². The minimum absolute atomic E-state index is 0.0630. The highest BCUT2D eigenvalue weighted by Crippen LogP contribution is 2.19. The van der Waals surface area contributed by atoms with Gasteiger partial charge in [0.1, 0.15) is 6.33 Å². The van der Waals surface area contributed by atoms with E-state index in [1.807, 2.05) is 22.8 Å². The minimum atomic E-state index is -0.925. The van der Waals surface area contributed by atoms with Crippen LogP contribution < -0.4 is 0 Å². The predicted octanol–water partition coefficient (Wildman–Crippen LogP) is 0.954. The highest BCUT2D eigenvalue weighted by molar-refractivity contribution is 5.85. The number of benzene rings is 1. The molecule has 0 saturated carbocycles. The molecule has 1 unspecified atom stereocenters. The first kappa shape index (κ1) is 15.2. The van der Waals surface area contributed by atoms with E-state index in [9.17, 15) is 9.59 Å². The lowest BCUT2D eigenvalue weighted by Crippen LogP contribution is -2.27. The zero-order valence-corrected chi connectivity index (χ0v) is 12.6. The number of aliphatic carboxylic acids is 1. The molecule has 1 fully saturated rings. The molecule has 0 spiro atoms. The second-order valence-electron chi connectivity index (χ2n) is 5.69. The van der Waals surface area contributed by atoms with Crippen LogP contribution in [0, 0.1) is 5.92 Å². The summed E-state index contributed by atoms with van der Waals surface area (Å²) in [6, 6.07) is 10.1. The van der Waals surface area contributed by atoms with Gasteiger partial charge in [0.2, 0.25) is 5.91 Å². The molecule has 1 aliphatic rings. The molecule has 1 saturated heterocycles. The Morgan fingerprint density at radius 1 is 1.30 bits per heavy atom. The van der Waals surface area contributed by atoms with E-state index in [1.165, 1.54) is 5.56 Å². The highest BCUT2D eigenvalue weighted by atomic mass is 16.4. The molecule has 1 aromatic carbocycles. The molecule has 1 aromatic heterocycles. The number of aromatic nitrogens is 3. The van der Waals surface area contributed by atoms with Gasteiger partial charge in [-0.2, -0.15) is 0 Å². The van der Waals surface area contributed by atoms with Crippen LogP contribution in [0.25, 0.3) is 0 Å². The number of hydrogen-bond donors (Lipinski definition) is 1. The molecule has 0 aliphatic carbocycles. The van der Waals surface area contributed by atoms with Crippen molar-refractivity contribution in [3.63, 3.8) is 0 Å². The molecular formula is C16H18N4O3. The Bertz CT molecular complexity index is 698. The van der Waals surface area contributed by atoms with Crippen molar-refractivity contribution in [2.45, 2.75) is 25.9 Å². The maximum Gasteiger partial charge on any atom is 0.308 e. The number of nitrogens with zero attached hydrogens (tertiary/aromatic N) is 4. The normalized spacial score (nSPS) is 17.7. The van der Waals surface area contributed by atoms with Crippen LogP contribution in [0.5, 0.6) is 0 Å². The molecule has 7 heteroatoms. The van der Waals surface area contributed by atoms with E-state index in [4.69, 9.17) is 5.11 Å². The average Bonchev–Trinajstić information content (AvgIpc) is 3.14. The first-order valence-corrected chi connectivity index (χ1v) is 7.54. The van der Waals surface area contributed by atoms with Gasteiger partial charge in [-0.25, -0.2) is 0 Å². The lowest BCUT2D eigenvalue weighted by molar-refractivity contribution is -0.141. The topological polar surface area (TPSA) is 88.3 Å². The van der Waals surface area contributed by atoms with E-state index < -0.39 is 11.9 Å². The Labute approximate surface area is 133 Å². The zero-order valence-electron chi connectivity index (χ0n) is 12.6. The molecule has 2 aromatic rings. The Hall–Kier alpha value is -2.70. The number of rotatable bonds is 6. The summed E-state index contributed by atoms with van der Waals surface area (Å²) in [7, 11) is 0. The third-order valence-electron chi connectivity index (χ3n) is 4.08. The van der Waals surface area contributed by atoms with Crippen molar-refractivity contribution in [3.05, 3.63) is 48.0 Å². The summed E-state index contributed by atoms with van der Waals surface area (Å²) < 4.78 is 1.91. The third-order valence-corrected chi connectivity index (χ3v) is 4.08. The van der Waals surface area contributed by atoms with Gasteiger partial charge in [0, 0.05) is 19.5 Å². The highest BCUT2D eigenvalue weighted by Gasteiger charge is 2.34. The summed E-state index contributed by atoms with van der Waals surface area (Å²) in [5.41, 5.74) is 1.22. The van der Waals surface area contributed by atoms with Gasteiger partial charge < -0.3 is 14.6 Å². The van der Waals surface area contributed by atoms with Crippen molar-refractivity contribution >= 4 is 11.9 Å². The van der Waals surface area contributed by atoms with Crippen molar-refractivity contribution in [1.82, 2.24) is 19.7 Å². The first-order chi connectivity index (χ1) is 11.1. The van der Waals surface area contributed by atoms with Crippen molar-refractivity contribution in [3.8, 4) is 0 Å². The van der Waals surface area contributed by atoms with Crippen molar-refractivity contribution in [2.75, 3.05) is 6.54 Å². The lowest BCUT2D eigenvalue weighted by Gasteiger charge is -2.16. The quantitative estimate of drug-likeness (QED) is 0.858. The standard InChI is InChI=1S/C16H18N4O3/c21-15-8-13(16(22)23)9-20(15)10-14-18-17-11-19(14)7-6-12-4-2-1-3-5-12/h1-5,11,13H,6-10H2,(H,22,23). The molecular weight excluding hydrogens is 296 g/mol. The Balaban J connectivity index is 1.62. The largest absolute Gasteiger partial charge is 0.481 e. The van der Waals surface area contributed by atoms with Gasteiger partial charge in [0.15, 0.2) is 5.82 Å². The second kappa shape index (κ2) is 6.60. The number of aryl methyl sites for hydroxylation is 2. The lowest BCUT2D eigenvalue weighted by atomic mass is 10.1. The van der Waals surface area contributed by atoms with Crippen molar-refractivity contribution < 1.29 is 14.7 Å². The fourth-order valence-corrected chi connectivity index (χ4v) is 2.74. The van der Waals surface area contributed by atoms with Crippen LogP contribution >= 0.6 is 0 Å². The summed E-state index contributed by atoms with van der Waals surface area (Å²) in [5.74, 6) is -1.01. The minimum Gasteiger partial charge on any atom is -0.481 e. The maximum atomic E-state index is 11.9. The summed E-state index contributed by atoms with van der Waals surface area (Å²) in [6.45, 7) is 1.26. The number of hydrogen-bond acceptors (Lipinski definition) is 4. The molecule has 0 bridgehead atoms. The van der Waals surface area contributed by atoms with Crippen molar-refractivity contribution in [2.24, 2.45) is 5.92 Å². The van der Waals surface area contributed by atoms with Gasteiger partial charge in [-0.3, -0.25) is 9.59 Å². The number of carboxylic acids is 1. The summed E-state index contributed by atoms with van der Waals surface area (Å²) in [4.78, 5) is 24.5. The molecule has 7 nitrogen and oxygen atoms in total. The van der Waals surface area contributed by atoms with E-state index >= 15 is 0 Å². The van der Waals surface area contributed by atoms with Crippen LogP contribution in [0.4, 0.5) is 0 Å². The van der Waals surface area contributed by atoms with Crippen LogP contribution in [0.3, 0.4) is 0 Å². The molecule has 2 heterocycles. The number of likely N-dealkylation sites (tertiary alicyclic amines) is 1. The van der Waals surface area contributed by atoms with Gasteiger partial charge in [-0.15, -0.1) is 10.2 Å². The molecule has 1 amide bonds. The average molecular weight is 314 g/mol.